The lowest BCUT2D eigenvalue weighted by Gasteiger charge is -2.19. The van der Waals surface area contributed by atoms with Gasteiger partial charge in [0, 0.05) is 18.7 Å². The Bertz CT molecular complexity index is 1180. The number of anilines is 2. The molecule has 0 radical (unpaired) electrons. The number of benzene rings is 3. The molecule has 1 aliphatic rings. The van der Waals surface area contributed by atoms with Crippen LogP contribution < -0.4 is 19.7 Å². The molecule has 3 aromatic carbocycles. The first-order chi connectivity index (χ1) is 17.0. The zero-order valence-electron chi connectivity index (χ0n) is 19.3. The SMILES string of the molecule is CCOc1ccccc1N1C[C@@H](C(=O)OCC(=O)Nc2ccc(Oc3ccccc3)cc2)CC1=O. The second kappa shape index (κ2) is 11.2. The molecule has 4 rings (SSSR count). The second-order valence-corrected chi connectivity index (χ2v) is 7.90. The summed E-state index contributed by atoms with van der Waals surface area (Å²) in [4.78, 5) is 38.9. The summed E-state index contributed by atoms with van der Waals surface area (Å²) in [5.74, 6) is 0.00988. The Kier molecular flexibility index (Phi) is 7.62. The van der Waals surface area contributed by atoms with Crippen LogP contribution in [0.2, 0.25) is 0 Å². The van der Waals surface area contributed by atoms with Gasteiger partial charge in [0.2, 0.25) is 5.91 Å². The van der Waals surface area contributed by atoms with Gasteiger partial charge in [0.1, 0.15) is 17.2 Å². The van der Waals surface area contributed by atoms with Crippen molar-refractivity contribution in [2.75, 3.05) is 30.0 Å². The number of amides is 2. The van der Waals surface area contributed by atoms with E-state index in [0.29, 0.717) is 35.2 Å². The zero-order chi connectivity index (χ0) is 24.6. The summed E-state index contributed by atoms with van der Waals surface area (Å²) < 4.78 is 16.5. The highest BCUT2D eigenvalue weighted by molar-refractivity contribution is 6.01. The summed E-state index contributed by atoms with van der Waals surface area (Å²) in [6.45, 7) is 2.05. The molecule has 1 N–H and O–H groups in total. The molecular formula is C27H26N2O6. The standard InChI is InChI=1S/C27H26N2O6/c1-2-33-24-11-7-6-10-23(24)29-17-19(16-26(29)31)27(32)34-18-25(30)28-20-12-14-22(15-13-20)35-21-8-4-3-5-9-21/h3-15,19H,2,16-18H2,1H3,(H,28,30)/t19-/m0/s1. The van der Waals surface area contributed by atoms with Gasteiger partial charge in [-0.25, -0.2) is 0 Å². The fourth-order valence-corrected chi connectivity index (χ4v) is 3.74. The number of hydrogen-bond acceptors (Lipinski definition) is 6. The summed E-state index contributed by atoms with van der Waals surface area (Å²) in [6, 6.07) is 23.4. The fraction of sp³-hybridized carbons (Fsp3) is 0.222. The molecule has 180 valence electrons. The van der Waals surface area contributed by atoms with Crippen molar-refractivity contribution in [2.45, 2.75) is 13.3 Å². The maximum absolute atomic E-state index is 12.5. The molecule has 2 amide bonds. The van der Waals surface area contributed by atoms with Crippen molar-refractivity contribution in [3.8, 4) is 17.2 Å². The number of carbonyl (C=O) groups excluding carboxylic acids is 3. The predicted octanol–water partition coefficient (Wildman–Crippen LogP) is 4.41. The Hall–Kier alpha value is -4.33. The molecule has 0 bridgehead atoms. The Morgan fingerprint density at radius 3 is 2.37 bits per heavy atom. The minimum Gasteiger partial charge on any atom is -0.492 e. The number of ether oxygens (including phenoxy) is 3. The van der Waals surface area contributed by atoms with Crippen molar-refractivity contribution in [3.63, 3.8) is 0 Å². The Labute approximate surface area is 203 Å². The molecule has 0 saturated carbocycles. The monoisotopic (exact) mass is 474 g/mol. The third kappa shape index (κ3) is 6.17. The lowest BCUT2D eigenvalue weighted by Crippen LogP contribution is -2.28. The van der Waals surface area contributed by atoms with Crippen molar-refractivity contribution >= 4 is 29.2 Å². The van der Waals surface area contributed by atoms with E-state index in [9.17, 15) is 14.4 Å². The first-order valence-electron chi connectivity index (χ1n) is 11.3. The van der Waals surface area contributed by atoms with Gasteiger partial charge in [0.25, 0.3) is 5.91 Å². The third-order valence-electron chi connectivity index (χ3n) is 5.38. The van der Waals surface area contributed by atoms with Gasteiger partial charge in [0.15, 0.2) is 6.61 Å². The molecule has 8 heteroatoms. The van der Waals surface area contributed by atoms with Gasteiger partial charge >= 0.3 is 5.97 Å². The molecule has 3 aromatic rings. The van der Waals surface area contributed by atoms with Crippen LogP contribution in [0.1, 0.15) is 13.3 Å². The van der Waals surface area contributed by atoms with Gasteiger partial charge in [-0.05, 0) is 55.5 Å². The highest BCUT2D eigenvalue weighted by atomic mass is 16.5. The second-order valence-electron chi connectivity index (χ2n) is 7.90. The molecule has 0 spiro atoms. The first kappa shape index (κ1) is 23.8. The van der Waals surface area contributed by atoms with Crippen molar-refractivity contribution in [1.82, 2.24) is 0 Å². The highest BCUT2D eigenvalue weighted by Gasteiger charge is 2.37. The van der Waals surface area contributed by atoms with Gasteiger partial charge < -0.3 is 24.4 Å². The number of rotatable bonds is 9. The molecule has 1 fully saturated rings. The zero-order valence-corrected chi connectivity index (χ0v) is 19.3. The molecule has 0 aromatic heterocycles. The van der Waals surface area contributed by atoms with Crippen molar-refractivity contribution in [3.05, 3.63) is 78.9 Å². The van der Waals surface area contributed by atoms with E-state index >= 15 is 0 Å². The third-order valence-corrected chi connectivity index (χ3v) is 5.38. The van der Waals surface area contributed by atoms with E-state index in [2.05, 4.69) is 5.32 Å². The number of para-hydroxylation sites is 3. The molecule has 0 aliphatic carbocycles. The Morgan fingerprint density at radius 1 is 0.943 bits per heavy atom. The van der Waals surface area contributed by atoms with Crippen LogP contribution in [-0.4, -0.2) is 37.5 Å². The van der Waals surface area contributed by atoms with E-state index in [-0.39, 0.29) is 18.9 Å². The van der Waals surface area contributed by atoms with Gasteiger partial charge in [-0.1, -0.05) is 30.3 Å². The molecule has 1 atom stereocenters. The lowest BCUT2D eigenvalue weighted by atomic mass is 10.1. The molecule has 8 nitrogen and oxygen atoms in total. The molecule has 1 saturated heterocycles. The van der Waals surface area contributed by atoms with Gasteiger partial charge in [-0.2, -0.15) is 0 Å². The van der Waals surface area contributed by atoms with Crippen LogP contribution >= 0.6 is 0 Å². The maximum atomic E-state index is 12.5. The number of nitrogens with zero attached hydrogens (tertiary/aromatic N) is 1. The van der Waals surface area contributed by atoms with Crippen LogP contribution in [0.15, 0.2) is 78.9 Å². The maximum Gasteiger partial charge on any atom is 0.311 e. The summed E-state index contributed by atoms with van der Waals surface area (Å²) in [5.41, 5.74) is 1.16. The lowest BCUT2D eigenvalue weighted by molar-refractivity contribution is -0.151. The number of carbonyl (C=O) groups is 3. The largest absolute Gasteiger partial charge is 0.492 e. The highest BCUT2D eigenvalue weighted by Crippen LogP contribution is 2.33. The van der Waals surface area contributed by atoms with E-state index in [4.69, 9.17) is 14.2 Å². The molecule has 0 unspecified atom stereocenters. The van der Waals surface area contributed by atoms with Crippen LogP contribution in [0.5, 0.6) is 17.2 Å². The quantitative estimate of drug-likeness (QED) is 0.462. The van der Waals surface area contributed by atoms with E-state index in [1.807, 2.05) is 43.3 Å². The Morgan fingerprint density at radius 2 is 1.63 bits per heavy atom. The fourth-order valence-electron chi connectivity index (χ4n) is 3.74. The first-order valence-corrected chi connectivity index (χ1v) is 11.3. The van der Waals surface area contributed by atoms with E-state index in [1.54, 1.807) is 42.5 Å². The topological polar surface area (TPSA) is 94.2 Å². The van der Waals surface area contributed by atoms with Crippen LogP contribution in [0.3, 0.4) is 0 Å². The summed E-state index contributed by atoms with van der Waals surface area (Å²) >= 11 is 0. The van der Waals surface area contributed by atoms with Crippen LogP contribution in [-0.2, 0) is 19.1 Å². The normalized spacial score (nSPS) is 14.9. The van der Waals surface area contributed by atoms with Crippen LogP contribution in [0.4, 0.5) is 11.4 Å². The average Bonchev–Trinajstić information content (AvgIpc) is 3.26. The molecule has 1 aliphatic heterocycles. The van der Waals surface area contributed by atoms with Gasteiger partial charge in [-0.15, -0.1) is 0 Å². The molecule has 35 heavy (non-hydrogen) atoms. The summed E-state index contributed by atoms with van der Waals surface area (Å²) in [5, 5.41) is 2.68. The molecule has 1 heterocycles. The van der Waals surface area contributed by atoms with Crippen molar-refractivity contribution in [1.29, 1.82) is 0 Å². The van der Waals surface area contributed by atoms with Crippen LogP contribution in [0, 0.1) is 5.92 Å². The summed E-state index contributed by atoms with van der Waals surface area (Å²) in [6.07, 6.45) is 0.0176. The number of esters is 1. The van der Waals surface area contributed by atoms with E-state index < -0.39 is 24.4 Å². The molecular weight excluding hydrogens is 448 g/mol. The smallest absolute Gasteiger partial charge is 0.311 e. The minimum atomic E-state index is -0.653. The average molecular weight is 475 g/mol. The van der Waals surface area contributed by atoms with E-state index in [1.165, 1.54) is 4.90 Å². The van der Waals surface area contributed by atoms with Gasteiger partial charge in [-0.3, -0.25) is 14.4 Å². The van der Waals surface area contributed by atoms with Crippen LogP contribution in [0.25, 0.3) is 0 Å². The number of hydrogen-bond donors (Lipinski definition) is 1. The summed E-state index contributed by atoms with van der Waals surface area (Å²) in [7, 11) is 0. The number of nitrogens with one attached hydrogen (secondary N) is 1. The predicted molar refractivity (Wildman–Crippen MR) is 131 cm³/mol. The minimum absolute atomic E-state index is 0.0176. The van der Waals surface area contributed by atoms with Crippen molar-refractivity contribution < 1.29 is 28.6 Å². The van der Waals surface area contributed by atoms with E-state index in [0.717, 1.165) is 0 Å². The Balaban J connectivity index is 1.26. The van der Waals surface area contributed by atoms with Crippen molar-refractivity contribution in [2.24, 2.45) is 5.92 Å². The van der Waals surface area contributed by atoms with Gasteiger partial charge in [0.05, 0.1) is 18.2 Å².